The molecule has 0 atom stereocenters. The predicted octanol–water partition coefficient (Wildman–Crippen LogP) is 10.9. The summed E-state index contributed by atoms with van der Waals surface area (Å²) in [6.07, 6.45) is 0. The van der Waals surface area contributed by atoms with Crippen molar-refractivity contribution < 1.29 is 4.42 Å². The number of fused-ring (bicyclic) bond motifs is 12. The molecule has 3 nitrogen and oxygen atoms in total. The van der Waals surface area contributed by atoms with Gasteiger partial charge < -0.3 is 13.6 Å². The van der Waals surface area contributed by atoms with E-state index in [2.05, 4.69) is 149 Å². The van der Waals surface area contributed by atoms with Crippen LogP contribution in [-0.4, -0.2) is 9.13 Å². The number of rotatable bonds is 2. The summed E-state index contributed by atoms with van der Waals surface area (Å²) < 4.78 is 11.3. The number of aromatic nitrogens is 2. The molecule has 0 spiro atoms. The molecule has 0 radical (unpaired) electrons. The molecule has 0 bridgehead atoms. The van der Waals surface area contributed by atoms with E-state index in [4.69, 9.17) is 4.42 Å². The first-order valence-corrected chi connectivity index (χ1v) is 14.7. The lowest BCUT2D eigenvalue weighted by molar-refractivity contribution is 0.666. The van der Waals surface area contributed by atoms with E-state index in [1.54, 1.807) is 0 Å². The normalized spacial score (nSPS) is 12.2. The van der Waals surface area contributed by atoms with Crippen LogP contribution in [0.25, 0.3) is 87.7 Å². The molecule has 0 amide bonds. The molecule has 3 aromatic heterocycles. The second-order valence-corrected chi connectivity index (χ2v) is 11.3. The lowest BCUT2D eigenvalue weighted by Gasteiger charge is -2.10. The van der Waals surface area contributed by atoms with Crippen LogP contribution in [0.3, 0.4) is 0 Å². The van der Waals surface area contributed by atoms with Gasteiger partial charge in [0.25, 0.3) is 0 Å². The van der Waals surface area contributed by atoms with Crippen LogP contribution in [0, 0.1) is 0 Å². The van der Waals surface area contributed by atoms with Gasteiger partial charge in [-0.25, -0.2) is 0 Å². The Labute approximate surface area is 246 Å². The summed E-state index contributed by atoms with van der Waals surface area (Å²) in [6, 6.07) is 52.2. The summed E-state index contributed by atoms with van der Waals surface area (Å²) in [5.41, 5.74) is 8.83. The van der Waals surface area contributed by atoms with E-state index in [1.807, 2.05) is 6.07 Å². The van der Waals surface area contributed by atoms with Crippen molar-refractivity contribution in [3.05, 3.63) is 146 Å². The van der Waals surface area contributed by atoms with E-state index in [1.165, 1.54) is 60.1 Å². The largest absolute Gasteiger partial charge is 0.454 e. The number of para-hydroxylation sites is 5. The van der Waals surface area contributed by atoms with Crippen molar-refractivity contribution in [3.63, 3.8) is 0 Å². The number of hydrogen-bond donors (Lipinski definition) is 0. The van der Waals surface area contributed by atoms with Gasteiger partial charge in [-0.2, -0.15) is 0 Å². The van der Waals surface area contributed by atoms with Crippen LogP contribution in [0.4, 0.5) is 0 Å². The maximum atomic E-state index is 6.52. The van der Waals surface area contributed by atoms with Crippen molar-refractivity contribution in [1.82, 2.24) is 9.13 Å². The minimum Gasteiger partial charge on any atom is -0.454 e. The summed E-state index contributed by atoms with van der Waals surface area (Å²) in [5, 5.41) is 9.85. The minimum atomic E-state index is 0.910. The van der Waals surface area contributed by atoms with Gasteiger partial charge in [-0.15, -0.1) is 0 Å². The van der Waals surface area contributed by atoms with Crippen molar-refractivity contribution in [2.45, 2.75) is 0 Å². The van der Waals surface area contributed by atoms with Gasteiger partial charge in [-0.05, 0) is 59.3 Å². The average Bonchev–Trinajstić information content (AvgIpc) is 3.73. The zero-order valence-corrected chi connectivity index (χ0v) is 23.2. The Morgan fingerprint density at radius 1 is 0.349 bits per heavy atom. The topological polar surface area (TPSA) is 23.0 Å². The molecule has 7 aromatic carbocycles. The van der Waals surface area contributed by atoms with Gasteiger partial charge in [0, 0.05) is 38.0 Å². The molecule has 10 rings (SSSR count). The van der Waals surface area contributed by atoms with Crippen molar-refractivity contribution in [3.8, 4) is 11.4 Å². The van der Waals surface area contributed by atoms with Crippen molar-refractivity contribution in [2.75, 3.05) is 0 Å². The van der Waals surface area contributed by atoms with E-state index in [0.717, 1.165) is 27.6 Å². The summed E-state index contributed by atoms with van der Waals surface area (Å²) >= 11 is 0. The standard InChI is InChI=1S/C40H24N2O/c1-2-11-25(12-3-1)41-32-17-7-4-14-30(32)38-27-22-24-35-39(28(27)21-23-34(38)41)31-15-5-8-18-33(31)42(35)36-19-10-16-29-26-13-6-9-20-37(26)43-40(29)36/h1-24H. The molecular weight excluding hydrogens is 524 g/mol. The summed E-state index contributed by atoms with van der Waals surface area (Å²) in [6.45, 7) is 0. The Balaban J connectivity index is 1.36. The minimum absolute atomic E-state index is 0.910. The number of benzene rings is 7. The van der Waals surface area contributed by atoms with Crippen molar-refractivity contribution in [1.29, 1.82) is 0 Å². The van der Waals surface area contributed by atoms with Crippen LogP contribution < -0.4 is 0 Å². The fraction of sp³-hybridized carbons (Fsp3) is 0. The molecule has 0 unspecified atom stereocenters. The molecule has 0 fully saturated rings. The highest BCUT2D eigenvalue weighted by Gasteiger charge is 2.21. The Morgan fingerprint density at radius 2 is 0.907 bits per heavy atom. The lowest BCUT2D eigenvalue weighted by atomic mass is 9.99. The molecule has 3 heteroatoms. The summed E-state index contributed by atoms with van der Waals surface area (Å²) in [7, 11) is 0. The Kier molecular flexibility index (Phi) is 4.45. The van der Waals surface area contributed by atoms with E-state index in [0.29, 0.717) is 0 Å². The first-order valence-electron chi connectivity index (χ1n) is 14.7. The molecule has 43 heavy (non-hydrogen) atoms. The first-order chi connectivity index (χ1) is 21.4. The fourth-order valence-corrected chi connectivity index (χ4v) is 7.36. The van der Waals surface area contributed by atoms with E-state index in [9.17, 15) is 0 Å². The highest BCUT2D eigenvalue weighted by Crippen LogP contribution is 2.43. The molecule has 0 N–H and O–H groups in total. The summed E-state index contributed by atoms with van der Waals surface area (Å²) in [5.74, 6) is 0. The third-order valence-corrected chi connectivity index (χ3v) is 9.11. The van der Waals surface area contributed by atoms with Gasteiger partial charge in [0.2, 0.25) is 0 Å². The van der Waals surface area contributed by atoms with E-state index >= 15 is 0 Å². The second kappa shape index (κ2) is 8.37. The van der Waals surface area contributed by atoms with E-state index in [-0.39, 0.29) is 0 Å². The maximum absolute atomic E-state index is 6.52. The molecule has 0 aliphatic rings. The molecule has 0 aliphatic carbocycles. The average molecular weight is 549 g/mol. The zero-order valence-electron chi connectivity index (χ0n) is 23.2. The first kappa shape index (κ1) is 22.8. The highest BCUT2D eigenvalue weighted by molar-refractivity contribution is 6.29. The SMILES string of the molecule is c1ccc(-n2c3ccccc3c3c4ccc5c(c4ccc32)c2ccccc2n5-c2cccc3c2oc2ccccc23)cc1. The highest BCUT2D eigenvalue weighted by atomic mass is 16.3. The quantitative estimate of drug-likeness (QED) is 0.211. The van der Waals surface area contributed by atoms with Crippen LogP contribution in [0.15, 0.2) is 150 Å². The molecular formula is C40H24N2O. The van der Waals surface area contributed by atoms with Gasteiger partial charge in [-0.3, -0.25) is 0 Å². The molecule has 0 saturated heterocycles. The zero-order chi connectivity index (χ0) is 28.1. The Hall–Kier alpha value is -5.80. The van der Waals surface area contributed by atoms with Gasteiger partial charge in [0.15, 0.2) is 5.58 Å². The van der Waals surface area contributed by atoms with Gasteiger partial charge in [-0.1, -0.05) is 97.1 Å². The fourth-order valence-electron chi connectivity index (χ4n) is 7.36. The lowest BCUT2D eigenvalue weighted by Crippen LogP contribution is -1.94. The number of nitrogens with zero attached hydrogens (tertiary/aromatic N) is 2. The van der Waals surface area contributed by atoms with Gasteiger partial charge in [0.05, 0.1) is 27.8 Å². The third kappa shape index (κ3) is 2.98. The molecule has 0 saturated carbocycles. The molecule has 0 aliphatic heterocycles. The predicted molar refractivity (Wildman–Crippen MR) is 180 cm³/mol. The van der Waals surface area contributed by atoms with Crippen molar-refractivity contribution in [2.24, 2.45) is 0 Å². The number of furan rings is 1. The van der Waals surface area contributed by atoms with Crippen LogP contribution in [0.2, 0.25) is 0 Å². The number of hydrogen-bond acceptors (Lipinski definition) is 1. The molecule has 200 valence electrons. The second-order valence-electron chi connectivity index (χ2n) is 11.3. The van der Waals surface area contributed by atoms with Crippen LogP contribution in [0.5, 0.6) is 0 Å². The van der Waals surface area contributed by atoms with E-state index < -0.39 is 0 Å². The molecule has 3 heterocycles. The van der Waals surface area contributed by atoms with Crippen LogP contribution in [0.1, 0.15) is 0 Å². The Bertz CT molecular complexity index is 2720. The van der Waals surface area contributed by atoms with Crippen LogP contribution >= 0.6 is 0 Å². The van der Waals surface area contributed by atoms with Crippen LogP contribution in [-0.2, 0) is 0 Å². The monoisotopic (exact) mass is 548 g/mol. The van der Waals surface area contributed by atoms with Gasteiger partial charge >= 0.3 is 0 Å². The third-order valence-electron chi connectivity index (χ3n) is 9.11. The molecule has 10 aromatic rings. The Morgan fingerprint density at radius 3 is 1.63 bits per heavy atom. The van der Waals surface area contributed by atoms with Crippen molar-refractivity contribution >= 4 is 76.3 Å². The maximum Gasteiger partial charge on any atom is 0.159 e. The summed E-state index contributed by atoms with van der Waals surface area (Å²) in [4.78, 5) is 0. The smallest absolute Gasteiger partial charge is 0.159 e. The van der Waals surface area contributed by atoms with Gasteiger partial charge in [0.1, 0.15) is 5.58 Å².